The van der Waals surface area contributed by atoms with E-state index in [1.165, 1.54) is 16.9 Å². The highest BCUT2D eigenvalue weighted by molar-refractivity contribution is 7.12. The summed E-state index contributed by atoms with van der Waals surface area (Å²) in [5, 5.41) is 4.84. The molecule has 1 aliphatic rings. The third-order valence-electron chi connectivity index (χ3n) is 6.67. The third kappa shape index (κ3) is 6.03. The molecule has 2 aromatic carbocycles. The second-order valence-electron chi connectivity index (χ2n) is 9.78. The van der Waals surface area contributed by atoms with Gasteiger partial charge in [0.2, 0.25) is 11.9 Å². The van der Waals surface area contributed by atoms with Gasteiger partial charge < -0.3 is 9.64 Å². The number of nitrogens with zero attached hydrogens (tertiary/aromatic N) is 3. The molecule has 8 heteroatoms. The molecule has 0 saturated carbocycles. The number of ether oxygens (including phenoxy) is 1. The molecule has 0 unspecified atom stereocenters. The van der Waals surface area contributed by atoms with Gasteiger partial charge in [-0.05, 0) is 47.9 Å². The predicted octanol–water partition coefficient (Wildman–Crippen LogP) is 5.98. The number of anilines is 1. The first-order chi connectivity index (χ1) is 18.5. The largest absolute Gasteiger partial charge is 0.376 e. The number of thiophene rings is 1. The van der Waals surface area contributed by atoms with Crippen LogP contribution in [0.1, 0.15) is 47.8 Å². The van der Waals surface area contributed by atoms with Crippen molar-refractivity contribution < 1.29 is 14.3 Å². The Kier molecular flexibility index (Phi) is 8.00. The maximum Gasteiger partial charge on any atom is 0.264 e. The minimum absolute atomic E-state index is 0.0575. The van der Waals surface area contributed by atoms with Gasteiger partial charge in [-0.1, -0.05) is 62.4 Å². The highest BCUT2D eigenvalue weighted by atomic mass is 32.1. The van der Waals surface area contributed by atoms with Gasteiger partial charge in [0.1, 0.15) is 6.54 Å². The number of amides is 2. The van der Waals surface area contributed by atoms with Crippen LogP contribution >= 0.6 is 11.3 Å². The van der Waals surface area contributed by atoms with Crippen molar-refractivity contribution in [2.75, 3.05) is 25.0 Å². The van der Waals surface area contributed by atoms with Crippen LogP contribution in [0.15, 0.2) is 78.3 Å². The predicted molar refractivity (Wildman–Crippen MR) is 151 cm³/mol. The summed E-state index contributed by atoms with van der Waals surface area (Å²) < 4.78 is 7.65. The minimum Gasteiger partial charge on any atom is -0.376 e. The molecule has 5 rings (SSSR count). The van der Waals surface area contributed by atoms with Gasteiger partial charge >= 0.3 is 0 Å². The standard InChI is InChI=1S/C30H32N4O3S/c1-21(2)22-12-14-24(15-13-22)34-19-26(23-8-4-3-5-9-23)31-30(34)32-28(35)20-33(18-25-10-6-16-37-25)29(36)27-11-7-17-38-27/h3-5,7-9,11-15,17,19,21,25H,6,10,16,18,20H2,1-2H3,(H,31,32,35)/t25-/m0/s1. The Balaban J connectivity index is 1.41. The molecule has 38 heavy (non-hydrogen) atoms. The lowest BCUT2D eigenvalue weighted by molar-refractivity contribution is -0.117. The number of carbonyl (C=O) groups excluding carboxylic acids is 2. The van der Waals surface area contributed by atoms with Gasteiger partial charge in [0, 0.05) is 30.6 Å². The van der Waals surface area contributed by atoms with E-state index in [-0.39, 0.29) is 24.5 Å². The van der Waals surface area contributed by atoms with Crippen molar-refractivity contribution in [2.24, 2.45) is 0 Å². The van der Waals surface area contributed by atoms with E-state index in [0.29, 0.717) is 29.9 Å². The second-order valence-corrected chi connectivity index (χ2v) is 10.7. The lowest BCUT2D eigenvalue weighted by Gasteiger charge is -2.24. The number of benzene rings is 2. The second kappa shape index (κ2) is 11.8. The monoisotopic (exact) mass is 528 g/mol. The molecule has 3 heterocycles. The van der Waals surface area contributed by atoms with Crippen molar-refractivity contribution in [3.05, 3.63) is 88.7 Å². The summed E-state index contributed by atoms with van der Waals surface area (Å²) in [6.45, 7) is 5.30. The van der Waals surface area contributed by atoms with Gasteiger partial charge in [0.05, 0.1) is 16.7 Å². The smallest absolute Gasteiger partial charge is 0.264 e. The first-order valence-electron chi connectivity index (χ1n) is 13.0. The van der Waals surface area contributed by atoms with Crippen molar-refractivity contribution >= 4 is 29.1 Å². The number of aromatic nitrogens is 2. The summed E-state index contributed by atoms with van der Waals surface area (Å²) in [4.78, 5) is 33.5. The maximum absolute atomic E-state index is 13.3. The van der Waals surface area contributed by atoms with Crippen LogP contribution in [0.2, 0.25) is 0 Å². The first kappa shape index (κ1) is 25.9. The summed E-state index contributed by atoms with van der Waals surface area (Å²) in [6.07, 6.45) is 3.72. The van der Waals surface area contributed by atoms with E-state index in [4.69, 9.17) is 9.72 Å². The SMILES string of the molecule is CC(C)c1ccc(-n2cc(-c3ccccc3)nc2NC(=O)CN(C[C@@H]2CCCO2)C(=O)c2cccs2)cc1. The summed E-state index contributed by atoms with van der Waals surface area (Å²) in [7, 11) is 0. The van der Waals surface area contributed by atoms with E-state index in [1.807, 2.05) is 64.7 Å². The van der Waals surface area contributed by atoms with Crippen LogP contribution in [-0.4, -0.2) is 52.1 Å². The molecule has 0 radical (unpaired) electrons. The van der Waals surface area contributed by atoms with Crippen LogP contribution in [0, 0.1) is 0 Å². The molecule has 1 atom stereocenters. The van der Waals surface area contributed by atoms with E-state index in [2.05, 4.69) is 31.3 Å². The summed E-state index contributed by atoms with van der Waals surface area (Å²) in [6, 6.07) is 21.7. The van der Waals surface area contributed by atoms with E-state index in [0.717, 1.165) is 29.8 Å². The van der Waals surface area contributed by atoms with Gasteiger partial charge in [-0.2, -0.15) is 0 Å². The van der Waals surface area contributed by atoms with Crippen LogP contribution in [0.5, 0.6) is 0 Å². The van der Waals surface area contributed by atoms with Crippen LogP contribution in [0.25, 0.3) is 16.9 Å². The Morgan fingerprint density at radius 3 is 2.55 bits per heavy atom. The molecule has 2 amide bonds. The van der Waals surface area contributed by atoms with Crippen molar-refractivity contribution in [1.29, 1.82) is 0 Å². The quantitative estimate of drug-likeness (QED) is 0.290. The van der Waals surface area contributed by atoms with E-state index >= 15 is 0 Å². The molecule has 1 saturated heterocycles. The number of carbonyl (C=O) groups is 2. The fraction of sp³-hybridized carbons (Fsp3) is 0.300. The number of nitrogens with one attached hydrogen (secondary N) is 1. The van der Waals surface area contributed by atoms with Crippen LogP contribution in [0.3, 0.4) is 0 Å². The summed E-state index contributed by atoms with van der Waals surface area (Å²) in [5.41, 5.74) is 3.83. The van der Waals surface area contributed by atoms with Gasteiger partial charge in [0.15, 0.2) is 0 Å². The zero-order valence-corrected chi connectivity index (χ0v) is 22.5. The number of hydrogen-bond acceptors (Lipinski definition) is 5. The topological polar surface area (TPSA) is 76.5 Å². The maximum atomic E-state index is 13.3. The summed E-state index contributed by atoms with van der Waals surface area (Å²) in [5.74, 6) is 0.356. The molecule has 1 aliphatic heterocycles. The first-order valence-corrected chi connectivity index (χ1v) is 13.9. The van der Waals surface area contributed by atoms with Crippen molar-refractivity contribution in [1.82, 2.24) is 14.5 Å². The fourth-order valence-corrected chi connectivity index (χ4v) is 5.27. The molecule has 2 aromatic heterocycles. The Morgan fingerprint density at radius 2 is 1.89 bits per heavy atom. The lowest BCUT2D eigenvalue weighted by atomic mass is 10.0. The zero-order valence-electron chi connectivity index (χ0n) is 21.7. The van der Waals surface area contributed by atoms with Crippen molar-refractivity contribution in [2.45, 2.75) is 38.7 Å². The number of imidazole rings is 1. The van der Waals surface area contributed by atoms with Crippen LogP contribution < -0.4 is 5.32 Å². The van der Waals surface area contributed by atoms with Gasteiger partial charge in [-0.15, -0.1) is 11.3 Å². The number of hydrogen-bond donors (Lipinski definition) is 1. The Labute approximate surface area is 227 Å². The Morgan fingerprint density at radius 1 is 1.11 bits per heavy atom. The molecule has 196 valence electrons. The Bertz CT molecular complexity index is 1360. The fourth-order valence-electron chi connectivity index (χ4n) is 4.58. The molecule has 0 aliphatic carbocycles. The Hall–Kier alpha value is -3.75. The molecule has 1 fully saturated rings. The molecule has 4 aromatic rings. The summed E-state index contributed by atoms with van der Waals surface area (Å²) >= 11 is 1.37. The molecule has 0 spiro atoms. The average molecular weight is 529 g/mol. The highest BCUT2D eigenvalue weighted by Gasteiger charge is 2.26. The molecule has 1 N–H and O–H groups in total. The van der Waals surface area contributed by atoms with E-state index in [1.54, 1.807) is 11.0 Å². The van der Waals surface area contributed by atoms with Gasteiger partial charge in [0.25, 0.3) is 5.91 Å². The van der Waals surface area contributed by atoms with E-state index < -0.39 is 0 Å². The zero-order chi connectivity index (χ0) is 26.5. The average Bonchev–Trinajstić information content (AvgIpc) is 3.71. The van der Waals surface area contributed by atoms with Gasteiger partial charge in [-0.3, -0.25) is 19.5 Å². The van der Waals surface area contributed by atoms with Gasteiger partial charge in [-0.25, -0.2) is 4.98 Å². The molecule has 7 nitrogen and oxygen atoms in total. The van der Waals surface area contributed by atoms with E-state index in [9.17, 15) is 9.59 Å². The molecule has 0 bridgehead atoms. The minimum atomic E-state index is -0.307. The number of rotatable bonds is 9. The van der Waals surface area contributed by atoms with Crippen molar-refractivity contribution in [3.8, 4) is 16.9 Å². The van der Waals surface area contributed by atoms with Crippen LogP contribution in [0.4, 0.5) is 5.95 Å². The molecular formula is C30H32N4O3S. The normalized spacial score (nSPS) is 15.1. The van der Waals surface area contributed by atoms with Crippen LogP contribution in [-0.2, 0) is 9.53 Å². The van der Waals surface area contributed by atoms with Crippen molar-refractivity contribution in [3.63, 3.8) is 0 Å². The third-order valence-corrected chi connectivity index (χ3v) is 7.52. The molecular weight excluding hydrogens is 496 g/mol. The highest BCUT2D eigenvalue weighted by Crippen LogP contribution is 2.26. The lowest BCUT2D eigenvalue weighted by Crippen LogP contribution is -2.42.